The number of hydrogen-bond acceptors (Lipinski definition) is 5. The first-order valence-electron chi connectivity index (χ1n) is 12.7. The number of amides is 3. The number of benzene rings is 1. The number of aryl methyl sites for hydroxylation is 2. The number of carbonyl (C=O) groups excluding carboxylic acids is 3. The van der Waals surface area contributed by atoms with Gasteiger partial charge >= 0.3 is 6.09 Å². The zero-order valence-electron chi connectivity index (χ0n) is 23.7. The standard InChI is InChI=1S/C28H45N3O4S/c1-17-12-11-13-18(2)22(17)23(24(32)30-27(4,5)6)31(21-16-19(21)3)25(33)20(14-15-36-10)29-26(34)35-28(7,8)9/h11-13,19-21,23H,14-16H2,1-10H3,(H,29,34)(H,30,32). The lowest BCUT2D eigenvalue weighted by atomic mass is 9.92. The molecule has 2 N–H and O–H groups in total. The Morgan fingerprint density at radius 1 is 1.11 bits per heavy atom. The monoisotopic (exact) mass is 519 g/mol. The first kappa shape index (κ1) is 30.0. The molecular weight excluding hydrogens is 474 g/mol. The summed E-state index contributed by atoms with van der Waals surface area (Å²) >= 11 is 1.61. The van der Waals surface area contributed by atoms with E-state index in [1.54, 1.807) is 37.4 Å². The van der Waals surface area contributed by atoms with E-state index in [0.717, 1.165) is 23.1 Å². The highest BCUT2D eigenvalue weighted by molar-refractivity contribution is 7.98. The van der Waals surface area contributed by atoms with Crippen LogP contribution in [0.1, 0.15) is 84.0 Å². The molecule has 3 amide bonds. The van der Waals surface area contributed by atoms with E-state index in [4.69, 9.17) is 4.74 Å². The molecule has 2 rings (SSSR count). The average molecular weight is 520 g/mol. The van der Waals surface area contributed by atoms with Crippen LogP contribution >= 0.6 is 11.8 Å². The van der Waals surface area contributed by atoms with E-state index in [2.05, 4.69) is 17.6 Å². The first-order valence-corrected chi connectivity index (χ1v) is 14.1. The minimum Gasteiger partial charge on any atom is -0.444 e. The maximum atomic E-state index is 14.3. The Labute approximate surface area is 221 Å². The van der Waals surface area contributed by atoms with Crippen molar-refractivity contribution in [3.05, 3.63) is 34.9 Å². The highest BCUT2D eigenvalue weighted by atomic mass is 32.2. The van der Waals surface area contributed by atoms with Gasteiger partial charge in [0.1, 0.15) is 17.7 Å². The predicted octanol–water partition coefficient (Wildman–Crippen LogP) is 5.14. The van der Waals surface area contributed by atoms with Crippen molar-refractivity contribution in [3.63, 3.8) is 0 Å². The molecule has 0 heterocycles. The van der Waals surface area contributed by atoms with Crippen LogP contribution in [-0.2, 0) is 14.3 Å². The number of ether oxygens (including phenoxy) is 1. The van der Waals surface area contributed by atoms with Gasteiger partial charge in [-0.3, -0.25) is 9.59 Å². The lowest BCUT2D eigenvalue weighted by Crippen LogP contribution is -2.56. The Kier molecular flexibility index (Phi) is 9.91. The Morgan fingerprint density at radius 3 is 2.11 bits per heavy atom. The van der Waals surface area contributed by atoms with Crippen LogP contribution in [0.15, 0.2) is 18.2 Å². The average Bonchev–Trinajstić information content (AvgIpc) is 3.43. The van der Waals surface area contributed by atoms with Crippen LogP contribution in [0.4, 0.5) is 4.79 Å². The van der Waals surface area contributed by atoms with E-state index < -0.39 is 29.3 Å². The molecule has 1 aromatic carbocycles. The molecule has 36 heavy (non-hydrogen) atoms. The number of nitrogens with zero attached hydrogens (tertiary/aromatic N) is 1. The molecular formula is C28H45N3O4S. The molecule has 202 valence electrons. The lowest BCUT2D eigenvalue weighted by Gasteiger charge is -2.37. The first-order chi connectivity index (χ1) is 16.6. The number of alkyl carbamates (subject to hydrolysis) is 1. The van der Waals surface area contributed by atoms with Crippen LogP contribution < -0.4 is 10.6 Å². The predicted molar refractivity (Wildman–Crippen MR) is 147 cm³/mol. The van der Waals surface area contributed by atoms with Crippen LogP contribution in [0.5, 0.6) is 0 Å². The van der Waals surface area contributed by atoms with Gasteiger partial charge in [0, 0.05) is 11.6 Å². The molecule has 4 atom stereocenters. The molecule has 0 saturated heterocycles. The number of nitrogens with one attached hydrogen (secondary N) is 2. The summed E-state index contributed by atoms with van der Waals surface area (Å²) in [6, 6.07) is 4.24. The van der Waals surface area contributed by atoms with Crippen molar-refractivity contribution in [3.8, 4) is 0 Å². The van der Waals surface area contributed by atoms with E-state index in [9.17, 15) is 14.4 Å². The summed E-state index contributed by atoms with van der Waals surface area (Å²) in [6.45, 7) is 17.2. The van der Waals surface area contributed by atoms with Crippen LogP contribution in [-0.4, -0.2) is 58.0 Å². The third kappa shape index (κ3) is 8.43. The molecule has 1 fully saturated rings. The zero-order valence-corrected chi connectivity index (χ0v) is 24.5. The Hall–Kier alpha value is -2.22. The van der Waals surface area contributed by atoms with Crippen molar-refractivity contribution in [1.82, 2.24) is 15.5 Å². The Bertz CT molecular complexity index is 931. The third-order valence-electron chi connectivity index (χ3n) is 6.12. The largest absolute Gasteiger partial charge is 0.444 e. The van der Waals surface area contributed by atoms with Gasteiger partial charge in [-0.25, -0.2) is 4.79 Å². The number of rotatable bonds is 9. The van der Waals surface area contributed by atoms with Crippen molar-refractivity contribution < 1.29 is 19.1 Å². The van der Waals surface area contributed by atoms with Gasteiger partial charge in [-0.15, -0.1) is 0 Å². The zero-order chi connectivity index (χ0) is 27.4. The second-order valence-corrected chi connectivity index (χ2v) is 12.9. The van der Waals surface area contributed by atoms with Gasteiger partial charge in [-0.1, -0.05) is 25.1 Å². The van der Waals surface area contributed by atoms with Crippen molar-refractivity contribution in [2.75, 3.05) is 12.0 Å². The smallest absolute Gasteiger partial charge is 0.408 e. The Morgan fingerprint density at radius 2 is 1.67 bits per heavy atom. The molecule has 1 aromatic rings. The summed E-state index contributed by atoms with van der Waals surface area (Å²) in [7, 11) is 0. The molecule has 0 aromatic heterocycles. The summed E-state index contributed by atoms with van der Waals surface area (Å²) < 4.78 is 5.47. The van der Waals surface area contributed by atoms with E-state index in [1.807, 2.05) is 59.1 Å². The van der Waals surface area contributed by atoms with Gasteiger partial charge in [0.2, 0.25) is 11.8 Å². The minimum absolute atomic E-state index is 0.0792. The number of thioether (sulfide) groups is 1. The second-order valence-electron chi connectivity index (χ2n) is 12.0. The molecule has 1 aliphatic rings. The SMILES string of the molecule is CSCCC(NC(=O)OC(C)(C)C)C(=O)N(C(C(=O)NC(C)(C)C)c1c(C)cccc1C)C1CC1C. The van der Waals surface area contributed by atoms with E-state index in [0.29, 0.717) is 12.2 Å². The van der Waals surface area contributed by atoms with Gasteiger partial charge in [-0.2, -0.15) is 11.8 Å². The summed E-state index contributed by atoms with van der Waals surface area (Å²) in [6.07, 6.45) is 2.59. The molecule has 0 bridgehead atoms. The van der Waals surface area contributed by atoms with Crippen LogP contribution in [0.3, 0.4) is 0 Å². The normalized spacial score (nSPS) is 19.2. The molecule has 7 nitrogen and oxygen atoms in total. The fourth-order valence-electron chi connectivity index (χ4n) is 4.39. The maximum absolute atomic E-state index is 14.3. The minimum atomic E-state index is -0.801. The quantitative estimate of drug-likeness (QED) is 0.472. The van der Waals surface area contributed by atoms with E-state index in [1.165, 1.54) is 0 Å². The summed E-state index contributed by atoms with van der Waals surface area (Å²) in [5, 5.41) is 5.92. The summed E-state index contributed by atoms with van der Waals surface area (Å²) in [4.78, 5) is 42.6. The van der Waals surface area contributed by atoms with E-state index in [-0.39, 0.29) is 23.8 Å². The number of hydrogen-bond donors (Lipinski definition) is 2. The highest BCUT2D eigenvalue weighted by Crippen LogP contribution is 2.42. The molecule has 1 aliphatic carbocycles. The fourth-order valence-corrected chi connectivity index (χ4v) is 4.86. The van der Waals surface area contributed by atoms with Crippen LogP contribution in [0.2, 0.25) is 0 Å². The summed E-state index contributed by atoms with van der Waals surface area (Å²) in [5.74, 6) is 0.489. The van der Waals surface area contributed by atoms with Crippen LogP contribution in [0.25, 0.3) is 0 Å². The molecule has 0 spiro atoms. The van der Waals surface area contributed by atoms with Crippen LogP contribution in [0, 0.1) is 19.8 Å². The fraction of sp³-hybridized carbons (Fsp3) is 0.679. The van der Waals surface area contributed by atoms with Gasteiger partial charge in [-0.05, 0) is 103 Å². The van der Waals surface area contributed by atoms with E-state index >= 15 is 0 Å². The maximum Gasteiger partial charge on any atom is 0.408 e. The number of carbonyl (C=O) groups is 3. The van der Waals surface area contributed by atoms with Crippen molar-refractivity contribution in [2.24, 2.45) is 5.92 Å². The van der Waals surface area contributed by atoms with Gasteiger partial charge in [0.15, 0.2) is 0 Å². The van der Waals surface area contributed by atoms with Gasteiger partial charge in [0.05, 0.1) is 0 Å². The Balaban J connectivity index is 2.56. The van der Waals surface area contributed by atoms with Gasteiger partial charge < -0.3 is 20.3 Å². The van der Waals surface area contributed by atoms with Crippen molar-refractivity contribution in [1.29, 1.82) is 0 Å². The molecule has 8 heteroatoms. The molecule has 0 radical (unpaired) electrons. The van der Waals surface area contributed by atoms with Gasteiger partial charge in [0.25, 0.3) is 0 Å². The molecule has 4 unspecified atom stereocenters. The molecule has 1 saturated carbocycles. The second kappa shape index (κ2) is 11.9. The van der Waals surface area contributed by atoms with Crippen molar-refractivity contribution in [2.45, 2.75) is 104 Å². The topological polar surface area (TPSA) is 87.7 Å². The van der Waals surface area contributed by atoms with Crippen molar-refractivity contribution >= 4 is 29.7 Å². The third-order valence-corrected chi connectivity index (χ3v) is 6.76. The summed E-state index contributed by atoms with van der Waals surface area (Å²) in [5.41, 5.74) is 1.59. The highest BCUT2D eigenvalue weighted by Gasteiger charge is 2.49. The lowest BCUT2D eigenvalue weighted by molar-refractivity contribution is -0.144. The molecule has 0 aliphatic heterocycles.